The normalized spacial score (nSPS) is 18.7. The molecule has 1 rings (SSSR count). The Hall–Kier alpha value is -0.960. The highest BCUT2D eigenvalue weighted by Crippen LogP contribution is 2.16. The minimum Gasteiger partial charge on any atom is -0.374 e. The number of hydrogen-bond acceptors (Lipinski definition) is 3. The Morgan fingerprint density at radius 1 is 1.00 bits per heavy atom. The summed E-state index contributed by atoms with van der Waals surface area (Å²) < 4.78 is 0. The topological polar surface area (TPSA) is 35.5 Å². The van der Waals surface area contributed by atoms with E-state index in [4.69, 9.17) is 0 Å². The van der Waals surface area contributed by atoms with Crippen LogP contribution in [0.2, 0.25) is 0 Å². The van der Waals surface area contributed by atoms with Crippen LogP contribution in [0.25, 0.3) is 0 Å². The monoisotopic (exact) mass is 322 g/mol. The smallest absolute Gasteiger partial charge is 0.125 e. The van der Waals surface area contributed by atoms with E-state index in [9.17, 15) is 5.11 Å². The van der Waals surface area contributed by atoms with Gasteiger partial charge in [0.05, 0.1) is 0 Å². The number of aliphatic hydroxyl groups excluding tert-OH is 1. The van der Waals surface area contributed by atoms with Gasteiger partial charge in [-0.1, -0.05) is 64.0 Å². The first-order valence-corrected chi connectivity index (χ1v) is 9.79. The van der Waals surface area contributed by atoms with Gasteiger partial charge < -0.3 is 15.3 Å². The Balaban J connectivity index is 1.84. The van der Waals surface area contributed by atoms with Crippen molar-refractivity contribution in [3.63, 3.8) is 0 Å². The van der Waals surface area contributed by atoms with E-state index in [-0.39, 0.29) is 6.17 Å². The molecule has 0 bridgehead atoms. The van der Waals surface area contributed by atoms with E-state index in [1.165, 1.54) is 70.6 Å². The lowest BCUT2D eigenvalue weighted by molar-refractivity contribution is 0.0254. The van der Waals surface area contributed by atoms with E-state index < -0.39 is 6.23 Å². The third-order valence-electron chi connectivity index (χ3n) is 4.57. The van der Waals surface area contributed by atoms with Crippen molar-refractivity contribution in [3.8, 4) is 0 Å². The summed E-state index contributed by atoms with van der Waals surface area (Å²) in [6.45, 7) is 4.07. The number of nitrogens with one attached hydrogen (secondary N) is 1. The number of nitrogens with zero attached hydrogens (tertiary/aromatic N) is 1. The number of rotatable bonds is 14. The largest absolute Gasteiger partial charge is 0.374 e. The maximum Gasteiger partial charge on any atom is 0.125 e. The predicted molar refractivity (Wildman–Crippen MR) is 99.8 cm³/mol. The third-order valence-corrected chi connectivity index (χ3v) is 4.57. The van der Waals surface area contributed by atoms with Crippen LogP contribution in [0.5, 0.6) is 0 Å². The Morgan fingerprint density at radius 2 is 1.61 bits per heavy atom. The highest BCUT2D eigenvalue weighted by Gasteiger charge is 2.20. The fraction of sp³-hybridized carbons (Fsp3) is 0.800. The van der Waals surface area contributed by atoms with E-state index in [1.54, 1.807) is 0 Å². The lowest BCUT2D eigenvalue weighted by Gasteiger charge is -2.28. The second-order valence-electron chi connectivity index (χ2n) is 6.74. The van der Waals surface area contributed by atoms with E-state index in [1.807, 2.05) is 24.2 Å². The molecule has 0 amide bonds. The van der Waals surface area contributed by atoms with Gasteiger partial charge in [0, 0.05) is 12.4 Å². The highest BCUT2D eigenvalue weighted by molar-refractivity contribution is 4.94. The molecular formula is C20H38N2O. The van der Waals surface area contributed by atoms with Crippen LogP contribution in [-0.4, -0.2) is 22.4 Å². The van der Waals surface area contributed by atoms with Gasteiger partial charge in [-0.2, -0.15) is 0 Å². The average molecular weight is 323 g/mol. The molecule has 0 fully saturated rings. The second-order valence-corrected chi connectivity index (χ2v) is 6.74. The zero-order valence-corrected chi connectivity index (χ0v) is 15.3. The summed E-state index contributed by atoms with van der Waals surface area (Å²) in [5.41, 5.74) is 0. The molecule has 0 aromatic heterocycles. The van der Waals surface area contributed by atoms with Crippen molar-refractivity contribution >= 4 is 0 Å². The summed E-state index contributed by atoms with van der Waals surface area (Å²) >= 11 is 0. The SMILES string of the molecule is CCCC/C=C/CCCCCCCCCC1NC=CN1C(C)O. The Bertz CT molecular complexity index is 326. The van der Waals surface area contributed by atoms with E-state index >= 15 is 0 Å². The minimum atomic E-state index is -0.401. The lowest BCUT2D eigenvalue weighted by Crippen LogP contribution is -2.40. The molecule has 0 aromatic carbocycles. The second kappa shape index (κ2) is 13.5. The summed E-state index contributed by atoms with van der Waals surface area (Å²) in [5.74, 6) is 0. The van der Waals surface area contributed by atoms with Gasteiger partial charge in [-0.05, 0) is 39.0 Å². The number of aliphatic hydroxyl groups is 1. The molecule has 23 heavy (non-hydrogen) atoms. The molecule has 1 aliphatic rings. The van der Waals surface area contributed by atoms with Crippen LogP contribution in [-0.2, 0) is 0 Å². The molecule has 2 N–H and O–H groups in total. The van der Waals surface area contributed by atoms with Gasteiger partial charge in [-0.25, -0.2) is 0 Å². The standard InChI is InChI=1S/C20H38N2O/c1-3-4-5-6-7-8-9-10-11-12-13-14-15-16-20-21-17-18-22(20)19(2)23/h6-7,17-21,23H,3-5,8-16H2,1-2H3/b7-6+. The number of hydrogen-bond donors (Lipinski definition) is 2. The maximum atomic E-state index is 9.66. The molecule has 3 heteroatoms. The molecule has 3 nitrogen and oxygen atoms in total. The number of unbranched alkanes of at least 4 members (excludes halogenated alkanes) is 9. The molecule has 2 atom stereocenters. The first-order valence-electron chi connectivity index (χ1n) is 9.79. The number of allylic oxidation sites excluding steroid dienone is 2. The Kier molecular flexibility index (Phi) is 11.8. The molecular weight excluding hydrogens is 284 g/mol. The Labute approximate surface area is 143 Å². The van der Waals surface area contributed by atoms with Gasteiger partial charge >= 0.3 is 0 Å². The predicted octanol–water partition coefficient (Wildman–Crippen LogP) is 5.28. The van der Waals surface area contributed by atoms with Gasteiger partial charge in [0.15, 0.2) is 0 Å². The zero-order chi connectivity index (χ0) is 16.8. The molecule has 1 heterocycles. The van der Waals surface area contributed by atoms with Gasteiger partial charge in [-0.15, -0.1) is 0 Å². The summed E-state index contributed by atoms with van der Waals surface area (Å²) in [4.78, 5) is 1.99. The molecule has 0 aliphatic carbocycles. The van der Waals surface area contributed by atoms with Crippen molar-refractivity contribution in [1.29, 1.82) is 0 Å². The molecule has 0 saturated carbocycles. The molecule has 1 aliphatic heterocycles. The summed E-state index contributed by atoms with van der Waals surface area (Å²) in [6.07, 6.45) is 24.1. The van der Waals surface area contributed by atoms with E-state index in [0.717, 1.165) is 6.42 Å². The van der Waals surface area contributed by atoms with Crippen molar-refractivity contribution in [2.45, 2.75) is 103 Å². The van der Waals surface area contributed by atoms with Crippen molar-refractivity contribution < 1.29 is 5.11 Å². The maximum absolute atomic E-state index is 9.66. The van der Waals surface area contributed by atoms with Crippen molar-refractivity contribution in [1.82, 2.24) is 10.2 Å². The van der Waals surface area contributed by atoms with E-state index in [0.29, 0.717) is 0 Å². The van der Waals surface area contributed by atoms with Crippen LogP contribution in [0.1, 0.15) is 90.9 Å². The zero-order valence-electron chi connectivity index (χ0n) is 15.3. The highest BCUT2D eigenvalue weighted by atomic mass is 16.3. The molecule has 0 radical (unpaired) electrons. The average Bonchev–Trinajstić information content (AvgIpc) is 3.00. The van der Waals surface area contributed by atoms with Crippen molar-refractivity contribution in [2.24, 2.45) is 0 Å². The lowest BCUT2D eigenvalue weighted by atomic mass is 10.1. The molecule has 0 aromatic rings. The van der Waals surface area contributed by atoms with Crippen LogP contribution in [0, 0.1) is 0 Å². The van der Waals surface area contributed by atoms with Gasteiger partial charge in [0.1, 0.15) is 12.4 Å². The molecule has 2 unspecified atom stereocenters. The van der Waals surface area contributed by atoms with E-state index in [2.05, 4.69) is 24.4 Å². The van der Waals surface area contributed by atoms with Gasteiger partial charge in [-0.3, -0.25) is 0 Å². The van der Waals surface area contributed by atoms with Crippen molar-refractivity contribution in [3.05, 3.63) is 24.6 Å². The van der Waals surface area contributed by atoms with Gasteiger partial charge in [0.25, 0.3) is 0 Å². The third kappa shape index (κ3) is 9.70. The summed E-state index contributed by atoms with van der Waals surface area (Å²) in [7, 11) is 0. The van der Waals surface area contributed by atoms with Crippen molar-refractivity contribution in [2.75, 3.05) is 0 Å². The molecule has 0 saturated heterocycles. The summed E-state index contributed by atoms with van der Waals surface area (Å²) in [6, 6.07) is 0. The van der Waals surface area contributed by atoms with Crippen LogP contribution >= 0.6 is 0 Å². The van der Waals surface area contributed by atoms with Crippen LogP contribution in [0.4, 0.5) is 0 Å². The van der Waals surface area contributed by atoms with Gasteiger partial charge in [0.2, 0.25) is 0 Å². The van der Waals surface area contributed by atoms with Crippen LogP contribution in [0.3, 0.4) is 0 Å². The molecule has 134 valence electrons. The summed E-state index contributed by atoms with van der Waals surface area (Å²) in [5, 5.41) is 13.0. The molecule has 0 spiro atoms. The fourth-order valence-electron chi connectivity index (χ4n) is 3.09. The quantitative estimate of drug-likeness (QED) is 0.337. The Morgan fingerprint density at radius 3 is 2.26 bits per heavy atom. The van der Waals surface area contributed by atoms with Crippen LogP contribution < -0.4 is 5.32 Å². The first-order chi connectivity index (χ1) is 11.3. The first kappa shape index (κ1) is 20.1. The fourth-order valence-corrected chi connectivity index (χ4v) is 3.09. The van der Waals surface area contributed by atoms with Crippen LogP contribution in [0.15, 0.2) is 24.6 Å². The minimum absolute atomic E-state index is 0.287.